The predicted octanol–water partition coefficient (Wildman–Crippen LogP) is 3.75. The number of likely N-dealkylation sites (tertiary alicyclic amines) is 2. The molecular formula is C21H26F2N2O2. The quantitative estimate of drug-likeness (QED) is 0.789. The van der Waals surface area contributed by atoms with E-state index in [-0.39, 0.29) is 16.9 Å². The minimum atomic E-state index is -0.683. The van der Waals surface area contributed by atoms with Crippen molar-refractivity contribution in [2.75, 3.05) is 19.6 Å². The first-order valence-corrected chi connectivity index (χ1v) is 10.0. The molecule has 1 aromatic carbocycles. The van der Waals surface area contributed by atoms with Crippen molar-refractivity contribution in [2.24, 2.45) is 5.41 Å². The summed E-state index contributed by atoms with van der Waals surface area (Å²) in [5, 5.41) is 0. The second kappa shape index (κ2) is 7.21. The highest BCUT2D eigenvalue weighted by atomic mass is 19.1. The molecule has 3 fully saturated rings. The van der Waals surface area contributed by atoms with Crippen molar-refractivity contribution in [1.29, 1.82) is 0 Å². The fraction of sp³-hybridized carbons (Fsp3) is 0.619. The van der Waals surface area contributed by atoms with Gasteiger partial charge in [-0.15, -0.1) is 0 Å². The largest absolute Gasteiger partial charge is 0.339 e. The second-order valence-corrected chi connectivity index (χ2v) is 8.38. The van der Waals surface area contributed by atoms with Gasteiger partial charge in [-0.25, -0.2) is 8.78 Å². The Morgan fingerprint density at radius 2 is 1.78 bits per heavy atom. The van der Waals surface area contributed by atoms with E-state index in [0.29, 0.717) is 25.6 Å². The maximum absolute atomic E-state index is 13.9. The number of nitrogens with zero attached hydrogens (tertiary/aromatic N) is 2. The third kappa shape index (κ3) is 3.58. The van der Waals surface area contributed by atoms with E-state index in [1.165, 1.54) is 12.8 Å². The van der Waals surface area contributed by atoms with Gasteiger partial charge in [0.2, 0.25) is 5.91 Å². The summed E-state index contributed by atoms with van der Waals surface area (Å²) < 4.78 is 27.3. The Hall–Kier alpha value is -1.98. The molecule has 1 spiro atoms. The third-order valence-corrected chi connectivity index (χ3v) is 6.73. The van der Waals surface area contributed by atoms with Crippen LogP contribution in [0.1, 0.15) is 61.7 Å². The molecule has 0 N–H and O–H groups in total. The molecule has 0 atom stereocenters. The molecule has 2 aliphatic heterocycles. The van der Waals surface area contributed by atoms with Crippen LogP contribution in [0.3, 0.4) is 0 Å². The first-order chi connectivity index (χ1) is 13.0. The van der Waals surface area contributed by atoms with Crippen LogP contribution >= 0.6 is 0 Å². The lowest BCUT2D eigenvalue weighted by atomic mass is 9.72. The Bertz CT molecular complexity index is 738. The van der Waals surface area contributed by atoms with Gasteiger partial charge in [-0.05, 0) is 55.7 Å². The highest BCUT2D eigenvalue weighted by Gasteiger charge is 2.44. The van der Waals surface area contributed by atoms with Crippen molar-refractivity contribution < 1.29 is 18.4 Å². The van der Waals surface area contributed by atoms with E-state index in [1.807, 2.05) is 0 Å². The minimum absolute atomic E-state index is 0.0633. The van der Waals surface area contributed by atoms with Crippen LogP contribution in [0.25, 0.3) is 0 Å². The van der Waals surface area contributed by atoms with Gasteiger partial charge in [0.25, 0.3) is 5.91 Å². The van der Waals surface area contributed by atoms with Gasteiger partial charge in [0.05, 0.1) is 5.56 Å². The fourth-order valence-corrected chi connectivity index (χ4v) is 5.02. The van der Waals surface area contributed by atoms with Crippen LogP contribution < -0.4 is 0 Å². The molecule has 4 nitrogen and oxygen atoms in total. The highest BCUT2D eigenvalue weighted by molar-refractivity contribution is 5.94. The number of carbonyl (C=O) groups is 2. The maximum atomic E-state index is 13.9. The van der Waals surface area contributed by atoms with E-state index < -0.39 is 17.5 Å². The number of piperidine rings is 2. The van der Waals surface area contributed by atoms with Crippen molar-refractivity contribution in [3.63, 3.8) is 0 Å². The van der Waals surface area contributed by atoms with Crippen molar-refractivity contribution in [1.82, 2.24) is 9.80 Å². The molecular weight excluding hydrogens is 350 g/mol. The average molecular weight is 376 g/mol. The SMILES string of the molecule is O=C(c1cc(F)ccc1F)N1CCC2(CCC(=O)N(C3CCCC3)C2)CC1. The van der Waals surface area contributed by atoms with Crippen molar-refractivity contribution in [2.45, 2.75) is 57.4 Å². The number of carbonyl (C=O) groups excluding carboxylic acids is 2. The van der Waals surface area contributed by atoms with Gasteiger partial charge in [0.1, 0.15) is 11.6 Å². The van der Waals surface area contributed by atoms with Crippen LogP contribution in [-0.4, -0.2) is 47.3 Å². The maximum Gasteiger partial charge on any atom is 0.256 e. The van der Waals surface area contributed by atoms with Gasteiger partial charge in [0.15, 0.2) is 0 Å². The first kappa shape index (κ1) is 18.4. The molecule has 1 saturated carbocycles. The Morgan fingerprint density at radius 3 is 2.48 bits per heavy atom. The third-order valence-electron chi connectivity index (χ3n) is 6.73. The molecule has 6 heteroatoms. The Kier molecular flexibility index (Phi) is 4.91. The average Bonchev–Trinajstić information content (AvgIpc) is 3.20. The monoisotopic (exact) mass is 376 g/mol. The molecule has 0 aromatic heterocycles. The molecule has 0 unspecified atom stereocenters. The van der Waals surface area contributed by atoms with Gasteiger partial charge in [-0.2, -0.15) is 0 Å². The minimum Gasteiger partial charge on any atom is -0.339 e. The lowest BCUT2D eigenvalue weighted by molar-refractivity contribution is -0.142. The van der Waals surface area contributed by atoms with Gasteiger partial charge in [-0.3, -0.25) is 9.59 Å². The smallest absolute Gasteiger partial charge is 0.256 e. The summed E-state index contributed by atoms with van der Waals surface area (Å²) in [5.74, 6) is -1.46. The number of halogens is 2. The Balaban J connectivity index is 1.42. The second-order valence-electron chi connectivity index (χ2n) is 8.38. The van der Waals surface area contributed by atoms with E-state index in [9.17, 15) is 18.4 Å². The van der Waals surface area contributed by atoms with E-state index in [4.69, 9.17) is 0 Å². The molecule has 3 aliphatic rings. The molecule has 1 aliphatic carbocycles. The summed E-state index contributed by atoms with van der Waals surface area (Å²) in [7, 11) is 0. The molecule has 0 bridgehead atoms. The summed E-state index contributed by atoms with van der Waals surface area (Å²) in [4.78, 5) is 28.8. The van der Waals surface area contributed by atoms with E-state index in [2.05, 4.69) is 4.90 Å². The van der Waals surface area contributed by atoms with E-state index in [1.54, 1.807) is 4.90 Å². The fourth-order valence-electron chi connectivity index (χ4n) is 5.02. The number of rotatable bonds is 2. The van der Waals surface area contributed by atoms with Crippen molar-refractivity contribution in [3.8, 4) is 0 Å². The van der Waals surface area contributed by atoms with Crippen LogP contribution in [0, 0.1) is 17.0 Å². The number of hydrogen-bond acceptors (Lipinski definition) is 2. The van der Waals surface area contributed by atoms with E-state index >= 15 is 0 Å². The van der Waals surface area contributed by atoms with Crippen LogP contribution in [0.5, 0.6) is 0 Å². The number of benzene rings is 1. The van der Waals surface area contributed by atoms with Crippen molar-refractivity contribution in [3.05, 3.63) is 35.4 Å². The normalized spacial score (nSPS) is 23.3. The zero-order valence-electron chi connectivity index (χ0n) is 15.6. The summed E-state index contributed by atoms with van der Waals surface area (Å²) in [6.07, 6.45) is 7.68. The summed E-state index contributed by atoms with van der Waals surface area (Å²) in [5.41, 5.74) is -0.134. The number of hydrogen-bond donors (Lipinski definition) is 0. The molecule has 27 heavy (non-hydrogen) atoms. The molecule has 2 saturated heterocycles. The predicted molar refractivity (Wildman–Crippen MR) is 97.1 cm³/mol. The van der Waals surface area contributed by atoms with Crippen LogP contribution in [-0.2, 0) is 4.79 Å². The zero-order chi connectivity index (χ0) is 19.0. The van der Waals surface area contributed by atoms with Crippen LogP contribution in [0.2, 0.25) is 0 Å². The van der Waals surface area contributed by atoms with Crippen molar-refractivity contribution >= 4 is 11.8 Å². The summed E-state index contributed by atoms with van der Waals surface area (Å²) in [6.45, 7) is 1.84. The lowest BCUT2D eigenvalue weighted by Gasteiger charge is -2.49. The van der Waals surface area contributed by atoms with Gasteiger partial charge in [-0.1, -0.05) is 12.8 Å². The Morgan fingerprint density at radius 1 is 1.07 bits per heavy atom. The summed E-state index contributed by atoms with van der Waals surface area (Å²) in [6, 6.07) is 3.38. The van der Waals surface area contributed by atoms with Gasteiger partial charge in [0, 0.05) is 32.1 Å². The van der Waals surface area contributed by atoms with Gasteiger partial charge < -0.3 is 9.80 Å². The molecule has 1 aromatic rings. The standard InChI is InChI=1S/C21H26F2N2O2/c22-15-5-6-18(23)17(13-15)20(27)24-11-9-21(10-12-24)8-7-19(26)25(14-21)16-3-1-2-4-16/h5-6,13,16H,1-4,7-12,14H2. The highest BCUT2D eigenvalue weighted by Crippen LogP contribution is 2.42. The molecule has 146 valence electrons. The van der Waals surface area contributed by atoms with Gasteiger partial charge >= 0.3 is 0 Å². The topological polar surface area (TPSA) is 40.6 Å². The summed E-state index contributed by atoms with van der Waals surface area (Å²) >= 11 is 0. The lowest BCUT2D eigenvalue weighted by Crippen LogP contribution is -2.54. The molecule has 4 rings (SSSR count). The number of amides is 2. The van der Waals surface area contributed by atoms with Crippen LogP contribution in [0.15, 0.2) is 18.2 Å². The first-order valence-electron chi connectivity index (χ1n) is 10.0. The molecule has 2 amide bonds. The molecule has 2 heterocycles. The molecule has 0 radical (unpaired) electrons. The Labute approximate surface area is 158 Å². The van der Waals surface area contributed by atoms with Crippen LogP contribution in [0.4, 0.5) is 8.78 Å². The van der Waals surface area contributed by atoms with E-state index in [0.717, 1.165) is 56.8 Å². The zero-order valence-corrected chi connectivity index (χ0v) is 15.6.